The monoisotopic (exact) mass is 204 g/mol. The number of nitrogens with two attached hydrogens (primary N) is 2. The molecule has 0 aliphatic heterocycles. The van der Waals surface area contributed by atoms with Crippen molar-refractivity contribution in [2.75, 3.05) is 13.1 Å². The van der Waals surface area contributed by atoms with Crippen molar-refractivity contribution in [3.63, 3.8) is 0 Å². The van der Waals surface area contributed by atoms with Gasteiger partial charge in [0.15, 0.2) is 8.32 Å². The Morgan fingerprint density at radius 1 is 1.15 bits per heavy atom. The summed E-state index contributed by atoms with van der Waals surface area (Å²) in [6.07, 6.45) is 0.0286. The van der Waals surface area contributed by atoms with Gasteiger partial charge in [0.25, 0.3) is 0 Å². The molecule has 0 aromatic rings. The molecule has 80 valence electrons. The third-order valence-corrected chi connectivity index (χ3v) is 7.33. The van der Waals surface area contributed by atoms with E-state index in [-0.39, 0.29) is 11.1 Å². The molecule has 3 nitrogen and oxygen atoms in total. The highest BCUT2D eigenvalue weighted by Crippen LogP contribution is 2.37. The van der Waals surface area contributed by atoms with E-state index in [2.05, 4.69) is 33.9 Å². The second-order valence-electron chi connectivity index (χ2n) is 4.97. The van der Waals surface area contributed by atoms with Crippen LogP contribution in [-0.4, -0.2) is 27.5 Å². The molecule has 0 fully saturated rings. The second-order valence-corrected chi connectivity index (χ2v) is 9.73. The molecule has 0 amide bonds. The van der Waals surface area contributed by atoms with Gasteiger partial charge in [0.2, 0.25) is 0 Å². The van der Waals surface area contributed by atoms with Gasteiger partial charge >= 0.3 is 0 Å². The smallest absolute Gasteiger partial charge is 0.192 e. The fraction of sp³-hybridized carbons (Fsp3) is 1.00. The van der Waals surface area contributed by atoms with E-state index in [0.29, 0.717) is 13.1 Å². The van der Waals surface area contributed by atoms with Crippen molar-refractivity contribution in [1.82, 2.24) is 0 Å². The lowest BCUT2D eigenvalue weighted by molar-refractivity contribution is 0.195. The van der Waals surface area contributed by atoms with Gasteiger partial charge < -0.3 is 15.9 Å². The van der Waals surface area contributed by atoms with E-state index in [1.807, 2.05) is 0 Å². The summed E-state index contributed by atoms with van der Waals surface area (Å²) in [5, 5.41) is 0.232. The van der Waals surface area contributed by atoms with Crippen LogP contribution in [0.4, 0.5) is 0 Å². The van der Waals surface area contributed by atoms with Crippen LogP contribution in [0.3, 0.4) is 0 Å². The summed E-state index contributed by atoms with van der Waals surface area (Å²) in [6.45, 7) is 12.1. The van der Waals surface area contributed by atoms with Crippen molar-refractivity contribution in [3.05, 3.63) is 0 Å². The van der Waals surface area contributed by atoms with Crippen LogP contribution in [0.25, 0.3) is 0 Å². The van der Waals surface area contributed by atoms with Gasteiger partial charge in [-0.05, 0) is 18.1 Å². The van der Waals surface area contributed by atoms with Crippen molar-refractivity contribution in [3.8, 4) is 0 Å². The summed E-state index contributed by atoms with van der Waals surface area (Å²) in [7, 11) is -1.67. The van der Waals surface area contributed by atoms with E-state index in [4.69, 9.17) is 15.9 Å². The minimum atomic E-state index is -1.67. The van der Waals surface area contributed by atoms with Crippen molar-refractivity contribution < 1.29 is 4.43 Å². The van der Waals surface area contributed by atoms with Crippen LogP contribution in [0.5, 0.6) is 0 Å². The summed E-state index contributed by atoms with van der Waals surface area (Å²) in [6, 6.07) is 0. The molecule has 4 heteroatoms. The summed E-state index contributed by atoms with van der Waals surface area (Å²) in [4.78, 5) is 0. The molecule has 0 unspecified atom stereocenters. The first kappa shape index (κ1) is 13.1. The Bertz CT molecular complexity index is 150. The number of rotatable bonds is 4. The lowest BCUT2D eigenvalue weighted by atomic mass is 10.2. The highest BCUT2D eigenvalue weighted by atomic mass is 28.4. The standard InChI is InChI=1S/C9H24N2OSi/c1-9(2,3)13(4,5)12-8(6-10)7-11/h8H,6-7,10-11H2,1-5H3. The van der Waals surface area contributed by atoms with E-state index in [1.165, 1.54) is 0 Å². The largest absolute Gasteiger partial charge is 0.411 e. The molecule has 4 N–H and O–H groups in total. The third kappa shape index (κ3) is 3.77. The zero-order valence-electron chi connectivity index (χ0n) is 9.55. The Balaban J connectivity index is 4.31. The van der Waals surface area contributed by atoms with E-state index < -0.39 is 8.32 Å². The molecule has 13 heavy (non-hydrogen) atoms. The topological polar surface area (TPSA) is 61.3 Å². The highest BCUT2D eigenvalue weighted by molar-refractivity contribution is 6.74. The summed E-state index contributed by atoms with van der Waals surface area (Å²) < 4.78 is 5.99. The molecule has 0 saturated heterocycles. The fourth-order valence-corrected chi connectivity index (χ4v) is 2.17. The molecule has 0 saturated carbocycles. The Labute approximate surface area is 83.0 Å². The van der Waals surface area contributed by atoms with E-state index in [0.717, 1.165) is 0 Å². The number of hydrogen-bond acceptors (Lipinski definition) is 3. The first-order chi connectivity index (χ1) is 5.74. The van der Waals surface area contributed by atoms with Crippen LogP contribution >= 0.6 is 0 Å². The summed E-state index contributed by atoms with van der Waals surface area (Å²) in [5.41, 5.74) is 11.1. The molecule has 0 aliphatic rings. The Morgan fingerprint density at radius 2 is 1.54 bits per heavy atom. The maximum Gasteiger partial charge on any atom is 0.192 e. The molecule has 0 heterocycles. The van der Waals surface area contributed by atoms with Crippen LogP contribution in [0.1, 0.15) is 20.8 Å². The van der Waals surface area contributed by atoms with Crippen molar-refractivity contribution in [1.29, 1.82) is 0 Å². The average molecular weight is 204 g/mol. The molecule has 0 aliphatic carbocycles. The lowest BCUT2D eigenvalue weighted by Crippen LogP contribution is -2.47. The van der Waals surface area contributed by atoms with Gasteiger partial charge in [-0.15, -0.1) is 0 Å². The molecule has 0 atom stereocenters. The van der Waals surface area contributed by atoms with Gasteiger partial charge in [-0.1, -0.05) is 20.8 Å². The Hall–Kier alpha value is 0.0969. The minimum Gasteiger partial charge on any atom is -0.411 e. The molecule has 0 bridgehead atoms. The van der Waals surface area contributed by atoms with Gasteiger partial charge in [0, 0.05) is 13.1 Å². The molecule has 0 aromatic carbocycles. The molecular formula is C9H24N2OSi. The zero-order chi connectivity index (χ0) is 10.7. The normalized spacial score (nSPS) is 13.8. The first-order valence-electron chi connectivity index (χ1n) is 4.82. The third-order valence-electron chi connectivity index (χ3n) is 2.79. The van der Waals surface area contributed by atoms with Crippen LogP contribution < -0.4 is 11.5 Å². The predicted molar refractivity (Wildman–Crippen MR) is 60.2 cm³/mol. The van der Waals surface area contributed by atoms with Gasteiger partial charge in [-0.3, -0.25) is 0 Å². The Kier molecular flexibility index (Phi) is 4.58. The SMILES string of the molecule is CC(C)(C)[Si](C)(C)OC(CN)CN. The maximum atomic E-state index is 5.99. The van der Waals surface area contributed by atoms with Crippen LogP contribution in [0.2, 0.25) is 18.1 Å². The van der Waals surface area contributed by atoms with Crippen molar-refractivity contribution in [2.24, 2.45) is 11.5 Å². The van der Waals surface area contributed by atoms with Crippen molar-refractivity contribution >= 4 is 8.32 Å². The molecule has 0 rings (SSSR count). The molecule has 0 aromatic heterocycles. The van der Waals surface area contributed by atoms with Crippen molar-refractivity contribution in [2.45, 2.75) is 45.0 Å². The van der Waals surface area contributed by atoms with Gasteiger partial charge in [-0.25, -0.2) is 0 Å². The fourth-order valence-electron chi connectivity index (χ4n) is 0.786. The molecule has 0 radical (unpaired) electrons. The number of hydrogen-bond donors (Lipinski definition) is 2. The van der Waals surface area contributed by atoms with Crippen LogP contribution in [0, 0.1) is 0 Å². The highest BCUT2D eigenvalue weighted by Gasteiger charge is 2.38. The molecular weight excluding hydrogens is 180 g/mol. The zero-order valence-corrected chi connectivity index (χ0v) is 10.6. The second kappa shape index (κ2) is 4.55. The van der Waals surface area contributed by atoms with Gasteiger partial charge in [0.05, 0.1) is 6.10 Å². The predicted octanol–water partition coefficient (Wildman–Crippen LogP) is 1.29. The van der Waals surface area contributed by atoms with Crippen LogP contribution in [-0.2, 0) is 4.43 Å². The van der Waals surface area contributed by atoms with E-state index in [9.17, 15) is 0 Å². The van der Waals surface area contributed by atoms with E-state index in [1.54, 1.807) is 0 Å². The average Bonchev–Trinajstić information content (AvgIpc) is 1.98. The summed E-state index contributed by atoms with van der Waals surface area (Å²) in [5.74, 6) is 0. The summed E-state index contributed by atoms with van der Waals surface area (Å²) >= 11 is 0. The minimum absolute atomic E-state index is 0.0286. The first-order valence-corrected chi connectivity index (χ1v) is 7.73. The van der Waals surface area contributed by atoms with Gasteiger partial charge in [0.1, 0.15) is 0 Å². The van der Waals surface area contributed by atoms with Gasteiger partial charge in [-0.2, -0.15) is 0 Å². The lowest BCUT2D eigenvalue weighted by Gasteiger charge is -2.38. The maximum absolute atomic E-state index is 5.99. The van der Waals surface area contributed by atoms with Crippen LogP contribution in [0.15, 0.2) is 0 Å². The molecule has 0 spiro atoms. The quantitative estimate of drug-likeness (QED) is 0.678. The Morgan fingerprint density at radius 3 is 1.77 bits per heavy atom. The van der Waals surface area contributed by atoms with E-state index >= 15 is 0 Å².